The molecule has 0 saturated carbocycles. The summed E-state index contributed by atoms with van der Waals surface area (Å²) in [5.41, 5.74) is 2.39. The van der Waals surface area contributed by atoms with Crippen LogP contribution in [0.25, 0.3) is 0 Å². The molecular weight excluding hydrogens is 208 g/mol. The first-order valence-corrected chi connectivity index (χ1v) is 6.41. The van der Waals surface area contributed by atoms with Gasteiger partial charge < -0.3 is 0 Å². The van der Waals surface area contributed by atoms with Gasteiger partial charge in [0.1, 0.15) is 6.04 Å². The van der Waals surface area contributed by atoms with E-state index in [-0.39, 0.29) is 6.04 Å². The lowest BCUT2D eigenvalue weighted by Crippen LogP contribution is -2.37. The number of nitrogens with zero attached hydrogens (tertiary/aromatic N) is 2. The van der Waals surface area contributed by atoms with E-state index in [1.807, 2.05) is 12.1 Å². The fourth-order valence-corrected chi connectivity index (χ4v) is 2.70. The number of nitriles is 1. The summed E-state index contributed by atoms with van der Waals surface area (Å²) in [6.07, 6.45) is 2.51. The van der Waals surface area contributed by atoms with Crippen LogP contribution < -0.4 is 0 Å². The maximum atomic E-state index is 9.45. The van der Waals surface area contributed by atoms with Crippen LogP contribution in [0, 0.1) is 24.2 Å². The van der Waals surface area contributed by atoms with Crippen molar-refractivity contribution in [2.75, 3.05) is 13.1 Å². The van der Waals surface area contributed by atoms with Crippen LogP contribution >= 0.6 is 0 Å². The molecular formula is C15H20N2. The zero-order valence-corrected chi connectivity index (χ0v) is 10.7. The largest absolute Gasteiger partial charge is 0.284 e. The van der Waals surface area contributed by atoms with Crippen molar-refractivity contribution in [3.8, 4) is 6.07 Å². The van der Waals surface area contributed by atoms with Gasteiger partial charge in [0.25, 0.3) is 0 Å². The molecule has 1 heterocycles. The lowest BCUT2D eigenvalue weighted by Gasteiger charge is -2.34. The Kier molecular flexibility index (Phi) is 3.81. The molecule has 0 spiro atoms. The highest BCUT2D eigenvalue weighted by molar-refractivity contribution is 5.32. The smallest absolute Gasteiger partial charge is 0.124 e. The molecule has 0 amide bonds. The molecule has 1 aromatic carbocycles. The molecule has 0 N–H and O–H groups in total. The third-order valence-corrected chi connectivity index (χ3v) is 3.66. The van der Waals surface area contributed by atoms with Gasteiger partial charge in [0, 0.05) is 6.54 Å². The van der Waals surface area contributed by atoms with Crippen molar-refractivity contribution in [3.05, 3.63) is 35.4 Å². The second kappa shape index (κ2) is 5.33. The van der Waals surface area contributed by atoms with E-state index in [0.29, 0.717) is 5.92 Å². The predicted octanol–water partition coefficient (Wildman–Crippen LogP) is 3.29. The topological polar surface area (TPSA) is 27.0 Å². The molecule has 2 atom stereocenters. The monoisotopic (exact) mass is 228 g/mol. The summed E-state index contributed by atoms with van der Waals surface area (Å²) in [5, 5.41) is 9.45. The lowest BCUT2D eigenvalue weighted by atomic mass is 9.95. The summed E-state index contributed by atoms with van der Waals surface area (Å²) in [6, 6.07) is 10.6. The maximum Gasteiger partial charge on any atom is 0.124 e. The normalized spacial score (nSPS) is 23.0. The van der Waals surface area contributed by atoms with E-state index in [9.17, 15) is 5.26 Å². The van der Waals surface area contributed by atoms with E-state index >= 15 is 0 Å². The summed E-state index contributed by atoms with van der Waals surface area (Å²) < 4.78 is 0. The highest BCUT2D eigenvalue weighted by Gasteiger charge is 2.25. The average molecular weight is 228 g/mol. The first-order chi connectivity index (χ1) is 8.22. The van der Waals surface area contributed by atoms with Gasteiger partial charge in [-0.1, -0.05) is 31.2 Å². The van der Waals surface area contributed by atoms with Crippen LogP contribution in [0.2, 0.25) is 0 Å². The number of aryl methyl sites for hydroxylation is 1. The van der Waals surface area contributed by atoms with Crippen molar-refractivity contribution in [1.29, 1.82) is 5.26 Å². The zero-order chi connectivity index (χ0) is 12.3. The van der Waals surface area contributed by atoms with Crippen molar-refractivity contribution in [2.45, 2.75) is 32.7 Å². The Balaban J connectivity index is 2.22. The van der Waals surface area contributed by atoms with E-state index < -0.39 is 0 Å². The second-order valence-electron chi connectivity index (χ2n) is 5.13. The van der Waals surface area contributed by atoms with Crippen LogP contribution in [0.1, 0.15) is 36.9 Å². The lowest BCUT2D eigenvalue weighted by molar-refractivity contribution is 0.156. The van der Waals surface area contributed by atoms with Gasteiger partial charge in [-0.25, -0.2) is 0 Å². The first kappa shape index (κ1) is 12.1. The van der Waals surface area contributed by atoms with Crippen molar-refractivity contribution < 1.29 is 0 Å². The Morgan fingerprint density at radius 2 is 2.18 bits per heavy atom. The molecule has 0 aliphatic carbocycles. The summed E-state index contributed by atoms with van der Waals surface area (Å²) in [4.78, 5) is 2.33. The first-order valence-electron chi connectivity index (χ1n) is 6.41. The Bertz CT molecular complexity index is 419. The van der Waals surface area contributed by atoms with Crippen molar-refractivity contribution in [1.82, 2.24) is 4.90 Å². The van der Waals surface area contributed by atoms with Gasteiger partial charge >= 0.3 is 0 Å². The Morgan fingerprint density at radius 3 is 2.82 bits per heavy atom. The van der Waals surface area contributed by atoms with E-state index in [1.54, 1.807) is 0 Å². The fraction of sp³-hybridized carbons (Fsp3) is 0.533. The molecule has 2 heteroatoms. The minimum atomic E-state index is -0.0704. The number of likely N-dealkylation sites (tertiary alicyclic amines) is 1. The van der Waals surface area contributed by atoms with Gasteiger partial charge in [0.05, 0.1) is 6.07 Å². The van der Waals surface area contributed by atoms with Crippen LogP contribution in [0.3, 0.4) is 0 Å². The van der Waals surface area contributed by atoms with Crippen molar-refractivity contribution >= 4 is 0 Å². The number of rotatable bonds is 2. The van der Waals surface area contributed by atoms with Gasteiger partial charge in [-0.15, -0.1) is 0 Å². The van der Waals surface area contributed by atoms with E-state index in [0.717, 1.165) is 13.1 Å². The Hall–Kier alpha value is -1.33. The van der Waals surface area contributed by atoms with Gasteiger partial charge in [-0.2, -0.15) is 5.26 Å². The Morgan fingerprint density at radius 1 is 1.41 bits per heavy atom. The van der Waals surface area contributed by atoms with E-state index in [1.165, 1.54) is 24.0 Å². The molecule has 2 rings (SSSR count). The standard InChI is InChI=1S/C15H20N2/c1-12-6-5-9-17(11-12)15(10-16)14-8-4-3-7-13(14)2/h3-4,7-8,12,15H,5-6,9,11H2,1-2H3. The maximum absolute atomic E-state index is 9.45. The SMILES string of the molecule is Cc1ccccc1C(C#N)N1CCCC(C)C1. The minimum absolute atomic E-state index is 0.0704. The summed E-state index contributed by atoms with van der Waals surface area (Å²) in [6.45, 7) is 6.47. The van der Waals surface area contributed by atoms with Crippen LogP contribution in [-0.4, -0.2) is 18.0 Å². The quantitative estimate of drug-likeness (QED) is 0.776. The molecule has 17 heavy (non-hydrogen) atoms. The Labute approximate surface area is 104 Å². The molecule has 2 nitrogen and oxygen atoms in total. The minimum Gasteiger partial charge on any atom is -0.284 e. The number of benzene rings is 1. The molecule has 1 fully saturated rings. The highest BCUT2D eigenvalue weighted by Crippen LogP contribution is 2.27. The average Bonchev–Trinajstić information content (AvgIpc) is 2.33. The summed E-state index contributed by atoms with van der Waals surface area (Å²) >= 11 is 0. The molecule has 0 aromatic heterocycles. The van der Waals surface area contributed by atoms with Crippen molar-refractivity contribution in [3.63, 3.8) is 0 Å². The summed E-state index contributed by atoms with van der Waals surface area (Å²) in [5.74, 6) is 0.712. The predicted molar refractivity (Wildman–Crippen MR) is 69.5 cm³/mol. The zero-order valence-electron chi connectivity index (χ0n) is 10.7. The number of hydrogen-bond acceptors (Lipinski definition) is 2. The molecule has 90 valence electrons. The molecule has 1 aromatic rings. The molecule has 1 saturated heterocycles. The van der Waals surface area contributed by atoms with Gasteiger partial charge in [-0.05, 0) is 43.4 Å². The molecule has 0 radical (unpaired) electrons. The van der Waals surface area contributed by atoms with Gasteiger partial charge in [0.2, 0.25) is 0 Å². The van der Waals surface area contributed by atoms with Crippen LogP contribution in [0.4, 0.5) is 0 Å². The van der Waals surface area contributed by atoms with Crippen LogP contribution in [0.15, 0.2) is 24.3 Å². The number of hydrogen-bond donors (Lipinski definition) is 0. The second-order valence-corrected chi connectivity index (χ2v) is 5.13. The van der Waals surface area contributed by atoms with Crippen LogP contribution in [0.5, 0.6) is 0 Å². The van der Waals surface area contributed by atoms with E-state index in [2.05, 4.69) is 36.9 Å². The van der Waals surface area contributed by atoms with Gasteiger partial charge in [-0.3, -0.25) is 4.90 Å². The molecule has 1 aliphatic heterocycles. The highest BCUT2D eigenvalue weighted by atomic mass is 15.2. The fourth-order valence-electron chi connectivity index (χ4n) is 2.70. The molecule has 1 aliphatic rings. The molecule has 0 bridgehead atoms. The third kappa shape index (κ3) is 2.68. The van der Waals surface area contributed by atoms with Crippen molar-refractivity contribution in [2.24, 2.45) is 5.92 Å². The summed E-state index contributed by atoms with van der Waals surface area (Å²) in [7, 11) is 0. The van der Waals surface area contributed by atoms with Crippen LogP contribution in [-0.2, 0) is 0 Å². The third-order valence-electron chi connectivity index (χ3n) is 3.66. The molecule has 2 unspecified atom stereocenters. The van der Waals surface area contributed by atoms with E-state index in [4.69, 9.17) is 0 Å². The van der Waals surface area contributed by atoms with Gasteiger partial charge in [0.15, 0.2) is 0 Å². The number of piperidine rings is 1.